The second-order valence-electron chi connectivity index (χ2n) is 7.45. The third-order valence-corrected chi connectivity index (χ3v) is 5.48. The number of fused-ring (bicyclic) bond motifs is 1. The number of benzene rings is 1. The van der Waals surface area contributed by atoms with Crippen molar-refractivity contribution < 1.29 is 19.8 Å². The number of nitrogens with one attached hydrogen (secondary N) is 1. The molecule has 3 rings (SSSR count). The average Bonchev–Trinajstić information content (AvgIpc) is 3.19. The summed E-state index contributed by atoms with van der Waals surface area (Å²) < 4.78 is 0. The summed E-state index contributed by atoms with van der Waals surface area (Å²) in [5.41, 5.74) is 2.14. The number of hydrogen-bond donors (Lipinski definition) is 3. The molecule has 0 spiro atoms. The van der Waals surface area contributed by atoms with E-state index in [0.717, 1.165) is 42.1 Å². The second-order valence-corrected chi connectivity index (χ2v) is 7.45. The number of Topliss-reactive ketones (excluding diaryl/α,β-unsaturated/α-hetero) is 1. The van der Waals surface area contributed by atoms with Crippen LogP contribution in [0.4, 0.5) is 0 Å². The van der Waals surface area contributed by atoms with Gasteiger partial charge < -0.3 is 15.2 Å². The van der Waals surface area contributed by atoms with Crippen LogP contribution >= 0.6 is 0 Å². The molecule has 0 bridgehead atoms. The number of unbranched alkanes of at least 4 members (excludes halogenated alkanes) is 3. The van der Waals surface area contributed by atoms with E-state index in [1.807, 2.05) is 36.5 Å². The molecule has 5 nitrogen and oxygen atoms in total. The zero-order valence-corrected chi connectivity index (χ0v) is 15.4. The molecule has 144 valence electrons. The minimum atomic E-state index is -0.757. The molecule has 27 heavy (non-hydrogen) atoms. The maximum atomic E-state index is 12.3. The van der Waals surface area contributed by atoms with E-state index < -0.39 is 12.1 Å². The minimum absolute atomic E-state index is 0.133. The van der Waals surface area contributed by atoms with Crippen LogP contribution in [-0.2, 0) is 9.59 Å². The third-order valence-electron chi connectivity index (χ3n) is 5.48. The first kappa shape index (κ1) is 19.4. The fourth-order valence-electron chi connectivity index (χ4n) is 3.98. The molecule has 0 saturated heterocycles. The molecule has 2 aromatic rings. The second kappa shape index (κ2) is 9.00. The number of carboxylic acids is 1. The average molecular weight is 369 g/mol. The molecule has 0 aliphatic heterocycles. The van der Waals surface area contributed by atoms with E-state index in [1.54, 1.807) is 0 Å². The number of aliphatic hydroxyl groups excluding tert-OH is 1. The predicted octanol–water partition coefficient (Wildman–Crippen LogP) is 4.17. The van der Waals surface area contributed by atoms with Gasteiger partial charge in [-0.3, -0.25) is 9.59 Å². The molecule has 0 unspecified atom stereocenters. The van der Waals surface area contributed by atoms with Crippen molar-refractivity contribution in [1.82, 2.24) is 4.98 Å². The predicted molar refractivity (Wildman–Crippen MR) is 105 cm³/mol. The van der Waals surface area contributed by atoms with Crippen LogP contribution in [0.2, 0.25) is 0 Å². The van der Waals surface area contributed by atoms with Gasteiger partial charge in [0.1, 0.15) is 5.78 Å². The van der Waals surface area contributed by atoms with Crippen LogP contribution < -0.4 is 0 Å². The van der Waals surface area contributed by atoms with Gasteiger partial charge in [-0.25, -0.2) is 0 Å². The summed E-state index contributed by atoms with van der Waals surface area (Å²) in [6.07, 6.45) is 9.84. The van der Waals surface area contributed by atoms with Crippen LogP contribution in [0, 0.1) is 11.8 Å². The maximum absolute atomic E-state index is 12.3. The molecule has 1 fully saturated rings. The highest BCUT2D eigenvalue weighted by atomic mass is 16.4. The number of aliphatic hydroxyl groups is 1. The van der Waals surface area contributed by atoms with E-state index in [2.05, 4.69) is 11.1 Å². The van der Waals surface area contributed by atoms with E-state index in [1.165, 1.54) is 0 Å². The van der Waals surface area contributed by atoms with Crippen LogP contribution in [0.5, 0.6) is 0 Å². The molecule has 0 radical (unpaired) electrons. The molecule has 3 N–H and O–H groups in total. The molecular formula is C22H27NO4. The first-order valence-corrected chi connectivity index (χ1v) is 9.72. The zero-order valence-electron chi connectivity index (χ0n) is 15.4. The van der Waals surface area contributed by atoms with E-state index in [-0.39, 0.29) is 30.5 Å². The number of carbonyl (C=O) groups excluding carboxylic acids is 1. The first-order chi connectivity index (χ1) is 13.0. The highest BCUT2D eigenvalue weighted by Gasteiger charge is 2.39. The highest BCUT2D eigenvalue weighted by molar-refractivity contribution is 5.85. The summed E-state index contributed by atoms with van der Waals surface area (Å²) in [5.74, 6) is -0.888. The van der Waals surface area contributed by atoms with Gasteiger partial charge in [-0.05, 0) is 42.0 Å². The number of hydrogen-bond acceptors (Lipinski definition) is 3. The Bertz CT molecular complexity index is 823. The number of carbonyl (C=O) groups is 2. The van der Waals surface area contributed by atoms with Crippen molar-refractivity contribution in [3.63, 3.8) is 0 Å². The van der Waals surface area contributed by atoms with E-state index in [4.69, 9.17) is 5.11 Å². The van der Waals surface area contributed by atoms with Crippen molar-refractivity contribution in [2.24, 2.45) is 11.8 Å². The molecule has 1 heterocycles. The molecule has 5 heteroatoms. The first-order valence-electron chi connectivity index (χ1n) is 9.72. The van der Waals surface area contributed by atoms with Crippen LogP contribution in [-0.4, -0.2) is 33.1 Å². The van der Waals surface area contributed by atoms with Gasteiger partial charge in [0, 0.05) is 36.4 Å². The summed E-state index contributed by atoms with van der Waals surface area (Å²) in [6.45, 7) is 0. The number of aromatic amines is 1. The van der Waals surface area contributed by atoms with Crippen molar-refractivity contribution in [3.05, 3.63) is 42.1 Å². The Kier molecular flexibility index (Phi) is 6.45. The summed E-state index contributed by atoms with van der Waals surface area (Å²) in [4.78, 5) is 26.0. The summed E-state index contributed by atoms with van der Waals surface area (Å²) in [5, 5.41) is 20.1. The van der Waals surface area contributed by atoms with Crippen molar-refractivity contribution in [2.75, 3.05) is 0 Å². The molecule has 1 aliphatic rings. The van der Waals surface area contributed by atoms with Gasteiger partial charge in [-0.2, -0.15) is 0 Å². The number of carboxylic acid groups (broad SMARTS) is 1. The Labute approximate surface area is 159 Å². The molecule has 1 saturated carbocycles. The van der Waals surface area contributed by atoms with Gasteiger partial charge in [-0.1, -0.05) is 37.5 Å². The minimum Gasteiger partial charge on any atom is -0.481 e. The summed E-state index contributed by atoms with van der Waals surface area (Å²) in [6, 6.07) is 8.16. The van der Waals surface area contributed by atoms with Gasteiger partial charge in [-0.15, -0.1) is 0 Å². The lowest BCUT2D eigenvalue weighted by molar-refractivity contribution is -0.137. The zero-order chi connectivity index (χ0) is 19.2. The van der Waals surface area contributed by atoms with Crippen molar-refractivity contribution in [2.45, 2.75) is 51.0 Å². The van der Waals surface area contributed by atoms with E-state index >= 15 is 0 Å². The molecule has 3 atom stereocenters. The van der Waals surface area contributed by atoms with Crippen molar-refractivity contribution >= 4 is 28.7 Å². The molecule has 1 aliphatic carbocycles. The van der Waals surface area contributed by atoms with Gasteiger partial charge in [0.25, 0.3) is 0 Å². The maximum Gasteiger partial charge on any atom is 0.303 e. The molecular weight excluding hydrogens is 342 g/mol. The van der Waals surface area contributed by atoms with Crippen molar-refractivity contribution in [1.29, 1.82) is 0 Å². The van der Waals surface area contributed by atoms with Crippen LogP contribution in [0.15, 0.2) is 36.5 Å². The summed E-state index contributed by atoms with van der Waals surface area (Å²) >= 11 is 0. The smallest absolute Gasteiger partial charge is 0.303 e. The Morgan fingerprint density at radius 1 is 1.19 bits per heavy atom. The lowest BCUT2D eigenvalue weighted by atomic mass is 9.88. The summed E-state index contributed by atoms with van der Waals surface area (Å²) in [7, 11) is 0. The van der Waals surface area contributed by atoms with Gasteiger partial charge in [0.05, 0.1) is 6.10 Å². The monoisotopic (exact) mass is 369 g/mol. The van der Waals surface area contributed by atoms with Crippen molar-refractivity contribution in [3.8, 4) is 0 Å². The van der Waals surface area contributed by atoms with Crippen LogP contribution in [0.25, 0.3) is 17.0 Å². The molecule has 1 aromatic carbocycles. The quantitative estimate of drug-likeness (QED) is 0.579. The van der Waals surface area contributed by atoms with E-state index in [0.29, 0.717) is 6.42 Å². The normalized spacial score (nSPS) is 22.9. The van der Waals surface area contributed by atoms with Gasteiger partial charge >= 0.3 is 5.97 Å². The number of aromatic nitrogens is 1. The lowest BCUT2D eigenvalue weighted by Gasteiger charge is -2.17. The number of rotatable bonds is 9. The highest BCUT2D eigenvalue weighted by Crippen LogP contribution is 2.34. The Balaban J connectivity index is 1.56. The van der Waals surface area contributed by atoms with E-state index in [9.17, 15) is 14.7 Å². The topological polar surface area (TPSA) is 90.4 Å². The third kappa shape index (κ3) is 5.07. The Morgan fingerprint density at radius 2 is 2.00 bits per heavy atom. The number of aliphatic carboxylic acids is 1. The Hall–Kier alpha value is -2.40. The number of H-pyrrole nitrogens is 1. The fourth-order valence-corrected chi connectivity index (χ4v) is 3.98. The largest absolute Gasteiger partial charge is 0.481 e. The lowest BCUT2D eigenvalue weighted by Crippen LogP contribution is -2.18. The van der Waals surface area contributed by atoms with Crippen LogP contribution in [0.3, 0.4) is 0 Å². The van der Waals surface area contributed by atoms with Gasteiger partial charge in [0.15, 0.2) is 0 Å². The molecule has 1 aromatic heterocycles. The number of ketones is 1. The van der Waals surface area contributed by atoms with Gasteiger partial charge in [0.2, 0.25) is 0 Å². The van der Waals surface area contributed by atoms with Crippen LogP contribution in [0.1, 0.15) is 50.5 Å². The molecule has 0 amide bonds. The Morgan fingerprint density at radius 3 is 2.81 bits per heavy atom. The standard InChI is InChI=1S/C22H27NO4/c24-20-14-21(25)18(17(20)5-3-1-2-4-6-22(26)27)9-7-15-8-10-19-16(13-15)11-12-23-19/h7-13,17-18,21,23,25H,1-6,14H2,(H,26,27)/t17-,18-,21+/m0/s1. The SMILES string of the molecule is O=C(O)CCCCCC[C@@H]1C(=O)C[C@@H](O)[C@H]1C=Cc1ccc2[nH]ccc2c1. The fraction of sp³-hybridized carbons (Fsp3) is 0.455.